The number of hydrogen-bond acceptors (Lipinski definition) is 4. The van der Waals surface area contributed by atoms with E-state index in [2.05, 4.69) is 144 Å². The molecule has 10 heteroatoms. The van der Waals surface area contributed by atoms with Crippen LogP contribution >= 0.6 is 0 Å². The lowest BCUT2D eigenvalue weighted by atomic mass is 10.0. The summed E-state index contributed by atoms with van der Waals surface area (Å²) in [5.41, 5.74) is 14.3. The van der Waals surface area contributed by atoms with E-state index in [1.807, 2.05) is 9.80 Å². The van der Waals surface area contributed by atoms with Gasteiger partial charge in [0.05, 0.1) is 0 Å². The zero-order valence-corrected chi connectivity index (χ0v) is 41.6. The van der Waals surface area contributed by atoms with E-state index in [1.165, 1.54) is 38.9 Å². The number of hydrogen-bond donors (Lipinski definition) is 3. The zero-order chi connectivity index (χ0) is 46.0. The van der Waals surface area contributed by atoms with E-state index in [0.717, 1.165) is 141 Å². The van der Waals surface area contributed by atoms with Crippen LogP contribution in [0.25, 0.3) is 24.3 Å². The number of carbonyl (C=O) groups is 2. The maximum Gasteiger partial charge on any atom is 0.222 e. The Hall–Kier alpha value is -4.54. The van der Waals surface area contributed by atoms with Gasteiger partial charge in [-0.15, -0.1) is 0 Å². The van der Waals surface area contributed by atoms with Crippen molar-refractivity contribution >= 4 is 36.1 Å². The van der Waals surface area contributed by atoms with Crippen LogP contribution in [0.2, 0.25) is 0 Å². The number of fused-ring (bicyclic) bond motifs is 8. The van der Waals surface area contributed by atoms with Gasteiger partial charge in [-0.25, -0.2) is 0 Å². The van der Waals surface area contributed by atoms with Crippen molar-refractivity contribution in [3.05, 3.63) is 88.7 Å². The molecule has 0 spiro atoms. The van der Waals surface area contributed by atoms with Gasteiger partial charge in [-0.05, 0) is 202 Å². The van der Waals surface area contributed by atoms with Gasteiger partial charge in [0.15, 0.2) is 0 Å². The summed E-state index contributed by atoms with van der Waals surface area (Å²) in [6.07, 6.45) is 17.4. The summed E-state index contributed by atoms with van der Waals surface area (Å²) >= 11 is 0. The first-order valence-corrected chi connectivity index (χ1v) is 24.3. The first kappa shape index (κ1) is 49.5. The van der Waals surface area contributed by atoms with Crippen LogP contribution in [0.1, 0.15) is 147 Å². The van der Waals surface area contributed by atoms with Gasteiger partial charge in [-0.3, -0.25) is 9.59 Å². The maximum absolute atomic E-state index is 13.9. The number of aromatic amines is 3. The van der Waals surface area contributed by atoms with E-state index in [9.17, 15) is 9.59 Å². The molecule has 0 fully saturated rings. The van der Waals surface area contributed by atoms with Gasteiger partial charge < -0.3 is 39.1 Å². The molecule has 0 aliphatic carbocycles. The molecule has 3 N–H and O–H groups in total. The minimum atomic E-state index is 0.209. The molecule has 0 radical (unpaired) electrons. The number of rotatable bonds is 22. The van der Waals surface area contributed by atoms with Crippen LogP contribution in [0, 0.1) is 27.7 Å². The van der Waals surface area contributed by atoms with Crippen LogP contribution in [-0.2, 0) is 42.3 Å². The number of nitrogens with one attached hydrogen (secondary N) is 3. The van der Waals surface area contributed by atoms with Crippen LogP contribution in [0.15, 0.2) is 0 Å². The third kappa shape index (κ3) is 11.6. The van der Waals surface area contributed by atoms with Gasteiger partial charge in [0.1, 0.15) is 0 Å². The lowest BCUT2D eigenvalue weighted by molar-refractivity contribution is -0.131. The Balaban J connectivity index is 1.64. The van der Waals surface area contributed by atoms with Crippen molar-refractivity contribution in [2.45, 2.75) is 133 Å². The first-order valence-electron chi connectivity index (χ1n) is 24.3. The molecule has 4 aromatic rings. The second-order valence-electron chi connectivity index (χ2n) is 18.0. The van der Waals surface area contributed by atoms with Crippen molar-refractivity contribution < 1.29 is 9.59 Å². The fraction of sp³-hybridized carbons (Fsp3) is 0.585. The quantitative estimate of drug-likeness (QED) is 0.0742. The van der Waals surface area contributed by atoms with Crippen LogP contribution in [-0.4, -0.2) is 117 Å². The standard InChI is InChI=1S/C53H82N8O2/c1-14-40-36(7)44-32-45-38(9)42(24-26-52(62)60(18-5)30-22-20-28-57(11)16-3)49(56-45)35-51-43(25-27-53(63)61(19-6)31-23-21-29-58(12)17-4)39(10)50(59(51)13)34-48-41(15-2)37(8)46(55-48)33-47(40)54-44/h32-35,54-56H,14-31H2,1-13H3. The summed E-state index contributed by atoms with van der Waals surface area (Å²) in [5.74, 6) is 0.421. The summed E-state index contributed by atoms with van der Waals surface area (Å²) in [5, 5.41) is 4.32. The zero-order valence-electron chi connectivity index (χ0n) is 41.6. The van der Waals surface area contributed by atoms with E-state index >= 15 is 0 Å². The van der Waals surface area contributed by atoms with Crippen molar-refractivity contribution in [1.29, 1.82) is 0 Å². The molecule has 1 aliphatic rings. The Bertz CT molecular complexity index is 2440. The fourth-order valence-electron chi connectivity index (χ4n) is 9.65. The van der Waals surface area contributed by atoms with Crippen molar-refractivity contribution in [2.75, 3.05) is 66.5 Å². The van der Waals surface area contributed by atoms with Gasteiger partial charge in [0, 0.05) is 90.2 Å². The minimum Gasteiger partial charge on any atom is -0.355 e. The average molecular weight is 863 g/mol. The molecule has 0 unspecified atom stereocenters. The molecule has 5 rings (SSSR count). The SMILES string of the molecule is CCc1c2[nH]c(c1C)C=c1[nH]c(c(CCC(=O)N(CC)CCCCN(C)CC)c1C)=Cc1c(CCC(=O)N(CC)CCCCN(C)CC)c(C)c(n1C)C=c1[nH]c(c(C)c1CC)=C2. The Kier molecular flexibility index (Phi) is 18.0. The molecule has 0 atom stereocenters. The van der Waals surface area contributed by atoms with E-state index in [0.29, 0.717) is 25.7 Å². The van der Waals surface area contributed by atoms with E-state index in [4.69, 9.17) is 0 Å². The molecule has 0 saturated carbocycles. The number of aromatic nitrogens is 4. The average Bonchev–Trinajstić information content (AvgIpc) is 3.92. The molecule has 0 aromatic carbocycles. The third-order valence-electron chi connectivity index (χ3n) is 14.2. The Morgan fingerprint density at radius 2 is 0.952 bits per heavy atom. The van der Waals surface area contributed by atoms with Gasteiger partial charge in [0.2, 0.25) is 11.8 Å². The highest BCUT2D eigenvalue weighted by atomic mass is 16.2. The molecule has 8 bridgehead atoms. The van der Waals surface area contributed by atoms with E-state index in [-0.39, 0.29) is 11.8 Å². The molecule has 346 valence electrons. The molecular weight excluding hydrogens is 781 g/mol. The van der Waals surface area contributed by atoms with Crippen molar-refractivity contribution in [2.24, 2.45) is 7.05 Å². The van der Waals surface area contributed by atoms with Gasteiger partial charge in [-0.1, -0.05) is 27.7 Å². The van der Waals surface area contributed by atoms with Crippen molar-refractivity contribution in [1.82, 2.24) is 39.1 Å². The van der Waals surface area contributed by atoms with Gasteiger partial charge in [0.25, 0.3) is 0 Å². The Labute approximate surface area is 379 Å². The van der Waals surface area contributed by atoms with Gasteiger partial charge >= 0.3 is 0 Å². The summed E-state index contributed by atoms with van der Waals surface area (Å²) in [6.45, 7) is 29.1. The molecule has 1 aliphatic heterocycles. The third-order valence-corrected chi connectivity index (χ3v) is 14.2. The summed E-state index contributed by atoms with van der Waals surface area (Å²) < 4.78 is 2.32. The molecule has 0 saturated heterocycles. The van der Waals surface area contributed by atoms with Crippen molar-refractivity contribution in [3.8, 4) is 0 Å². The Morgan fingerprint density at radius 3 is 1.46 bits per heavy atom. The highest BCUT2D eigenvalue weighted by Crippen LogP contribution is 2.26. The van der Waals surface area contributed by atoms with Crippen LogP contribution < -0.4 is 21.4 Å². The highest BCUT2D eigenvalue weighted by Gasteiger charge is 2.22. The topological polar surface area (TPSA) is 99.4 Å². The van der Waals surface area contributed by atoms with Crippen LogP contribution in [0.3, 0.4) is 0 Å². The van der Waals surface area contributed by atoms with Gasteiger partial charge in [-0.2, -0.15) is 0 Å². The molecular formula is C53H82N8O2. The molecule has 2 amide bonds. The summed E-state index contributed by atoms with van der Waals surface area (Å²) in [6, 6.07) is 0. The summed E-state index contributed by atoms with van der Waals surface area (Å²) in [4.78, 5) is 48.1. The first-order chi connectivity index (χ1) is 30.2. The second-order valence-corrected chi connectivity index (χ2v) is 18.0. The number of unbranched alkanes of at least 4 members (excludes halogenated alkanes) is 2. The predicted octanol–water partition coefficient (Wildman–Crippen LogP) is 6.02. The molecule has 4 aromatic heterocycles. The predicted molar refractivity (Wildman–Crippen MR) is 264 cm³/mol. The van der Waals surface area contributed by atoms with Crippen molar-refractivity contribution in [3.63, 3.8) is 0 Å². The lowest BCUT2D eigenvalue weighted by Gasteiger charge is -2.22. The number of amides is 2. The van der Waals surface area contributed by atoms with Crippen LogP contribution in [0.4, 0.5) is 0 Å². The smallest absolute Gasteiger partial charge is 0.222 e. The molecule has 10 nitrogen and oxygen atoms in total. The maximum atomic E-state index is 13.9. The number of H-pyrrole nitrogens is 3. The van der Waals surface area contributed by atoms with Crippen LogP contribution in [0.5, 0.6) is 0 Å². The molecule has 5 heterocycles. The summed E-state index contributed by atoms with van der Waals surface area (Å²) in [7, 11) is 6.48. The second kappa shape index (κ2) is 22.9. The lowest BCUT2D eigenvalue weighted by Crippen LogP contribution is -2.32. The monoisotopic (exact) mass is 863 g/mol. The highest BCUT2D eigenvalue weighted by molar-refractivity contribution is 5.77. The largest absolute Gasteiger partial charge is 0.355 e. The number of nitrogens with zero attached hydrogens (tertiary/aromatic N) is 5. The number of carbonyl (C=O) groups excluding carboxylic acids is 2. The fourth-order valence-corrected chi connectivity index (χ4v) is 9.65. The van der Waals surface area contributed by atoms with E-state index in [1.54, 1.807) is 0 Å². The molecule has 63 heavy (non-hydrogen) atoms. The minimum absolute atomic E-state index is 0.209. The van der Waals surface area contributed by atoms with E-state index < -0.39 is 0 Å². The Morgan fingerprint density at radius 1 is 0.492 bits per heavy atom. The normalized spacial score (nSPS) is 12.4.